The molecule has 0 radical (unpaired) electrons. The lowest BCUT2D eigenvalue weighted by Crippen LogP contribution is -2.11. The molecule has 3 heteroatoms. The van der Waals surface area contributed by atoms with Crippen LogP contribution >= 0.6 is 11.8 Å². The summed E-state index contributed by atoms with van der Waals surface area (Å²) in [5.74, 6) is 0. The largest absolute Gasteiger partial charge is 0.449 e. The van der Waals surface area contributed by atoms with Crippen LogP contribution in [0.3, 0.4) is 0 Å². The minimum absolute atomic E-state index is 0.134. The summed E-state index contributed by atoms with van der Waals surface area (Å²) < 4.78 is 0. The van der Waals surface area contributed by atoms with Gasteiger partial charge in [0.25, 0.3) is 0 Å². The van der Waals surface area contributed by atoms with Gasteiger partial charge < -0.3 is 5.02 Å². The molecule has 1 N–H and O–H groups in total. The van der Waals surface area contributed by atoms with Crippen molar-refractivity contribution in [1.29, 1.82) is 0 Å². The molecule has 10 heavy (non-hydrogen) atoms. The maximum absolute atomic E-state index is 8.69. The van der Waals surface area contributed by atoms with E-state index in [1.54, 1.807) is 11.8 Å². The Morgan fingerprint density at radius 1 is 1.30 bits per heavy atom. The molecule has 0 heterocycles. The predicted octanol–water partition coefficient (Wildman–Crippen LogP) is 0.378. The Balaban J connectivity index is 2.80. The highest BCUT2D eigenvalue weighted by molar-refractivity contribution is 7.98. The van der Waals surface area contributed by atoms with Gasteiger partial charge in [0.05, 0.1) is 0 Å². The fourth-order valence-corrected chi connectivity index (χ4v) is 1.14. The molecule has 1 nitrogen and oxygen atoms in total. The highest BCUT2D eigenvalue weighted by atomic mass is 32.2. The lowest BCUT2D eigenvalue weighted by atomic mass is 9.89. The van der Waals surface area contributed by atoms with Crippen molar-refractivity contribution in [2.24, 2.45) is 0 Å². The number of hydrogen-bond acceptors (Lipinski definition) is 2. The van der Waals surface area contributed by atoms with Gasteiger partial charge in [-0.25, -0.2) is 0 Å². The van der Waals surface area contributed by atoms with E-state index in [0.717, 1.165) is 5.46 Å². The third-order valence-electron chi connectivity index (χ3n) is 1.34. The summed E-state index contributed by atoms with van der Waals surface area (Å²) in [7, 11) is 0.134. The molecule has 0 bridgehead atoms. The molecule has 0 aromatic heterocycles. The molecule has 0 amide bonds. The minimum Gasteiger partial charge on any atom is -0.449 e. The van der Waals surface area contributed by atoms with Gasteiger partial charge in [0.15, 0.2) is 0 Å². The summed E-state index contributed by atoms with van der Waals surface area (Å²) in [5.41, 5.74) is 0.970. The first-order valence-corrected chi connectivity index (χ1v) is 4.33. The SMILES string of the molecule is CSc1ccc(BO)cc1. The van der Waals surface area contributed by atoms with Crippen molar-refractivity contribution in [2.75, 3.05) is 6.26 Å². The molecule has 0 aliphatic heterocycles. The molecule has 0 aliphatic rings. The Bertz CT molecular complexity index is 174. The summed E-state index contributed by atoms with van der Waals surface area (Å²) in [4.78, 5) is 1.23. The fraction of sp³-hybridized carbons (Fsp3) is 0.143. The van der Waals surface area contributed by atoms with Crippen LogP contribution in [-0.4, -0.2) is 18.8 Å². The van der Waals surface area contributed by atoms with Crippen LogP contribution in [0.1, 0.15) is 0 Å². The molecular weight excluding hydrogens is 143 g/mol. The van der Waals surface area contributed by atoms with Crippen LogP contribution in [0.25, 0.3) is 0 Å². The van der Waals surface area contributed by atoms with E-state index in [1.807, 2.05) is 30.5 Å². The van der Waals surface area contributed by atoms with Crippen LogP contribution < -0.4 is 5.46 Å². The van der Waals surface area contributed by atoms with Gasteiger partial charge >= 0.3 is 7.48 Å². The summed E-state index contributed by atoms with van der Waals surface area (Å²) in [6.07, 6.45) is 2.04. The van der Waals surface area contributed by atoms with E-state index in [0.29, 0.717) is 0 Å². The molecule has 0 aliphatic carbocycles. The van der Waals surface area contributed by atoms with E-state index in [4.69, 9.17) is 5.02 Å². The van der Waals surface area contributed by atoms with E-state index in [-0.39, 0.29) is 7.48 Å². The number of hydrogen-bond donors (Lipinski definition) is 1. The predicted molar refractivity (Wildman–Crippen MR) is 47.2 cm³/mol. The average molecular weight is 152 g/mol. The van der Waals surface area contributed by atoms with Crippen molar-refractivity contribution < 1.29 is 5.02 Å². The van der Waals surface area contributed by atoms with Crippen molar-refractivity contribution in [3.63, 3.8) is 0 Å². The van der Waals surface area contributed by atoms with Crippen molar-refractivity contribution in [2.45, 2.75) is 4.90 Å². The molecule has 1 aromatic rings. The number of thioether (sulfide) groups is 1. The zero-order chi connectivity index (χ0) is 7.40. The second kappa shape index (κ2) is 3.69. The average Bonchev–Trinajstić information content (AvgIpc) is 2.05. The Labute approximate surface area is 65.7 Å². The van der Waals surface area contributed by atoms with E-state index < -0.39 is 0 Å². The quantitative estimate of drug-likeness (QED) is 0.488. The molecule has 1 rings (SSSR count). The van der Waals surface area contributed by atoms with Gasteiger partial charge in [-0.05, 0) is 18.4 Å². The molecule has 0 atom stereocenters. The molecule has 0 fully saturated rings. The molecule has 0 saturated carbocycles. The maximum atomic E-state index is 8.69. The highest BCUT2D eigenvalue weighted by Gasteiger charge is 1.91. The zero-order valence-corrected chi connectivity index (χ0v) is 6.69. The number of benzene rings is 1. The van der Waals surface area contributed by atoms with E-state index in [9.17, 15) is 0 Å². The van der Waals surface area contributed by atoms with Gasteiger partial charge in [0.1, 0.15) is 0 Å². The van der Waals surface area contributed by atoms with Crippen LogP contribution in [0.5, 0.6) is 0 Å². The summed E-state index contributed by atoms with van der Waals surface area (Å²) in [5, 5.41) is 8.69. The lowest BCUT2D eigenvalue weighted by Gasteiger charge is -1.95. The Hall–Kier alpha value is -0.405. The standard InChI is InChI=1S/C7H9BOS/c1-10-7-4-2-6(8-9)3-5-7/h2-5,8-9H,1H3. The van der Waals surface area contributed by atoms with Gasteiger partial charge in [-0.2, -0.15) is 0 Å². The maximum Gasteiger partial charge on any atom is 0.304 e. The summed E-state index contributed by atoms with van der Waals surface area (Å²) in [6.45, 7) is 0. The fourth-order valence-electron chi connectivity index (χ4n) is 0.731. The minimum atomic E-state index is 0.134. The van der Waals surface area contributed by atoms with Crippen molar-refractivity contribution >= 4 is 24.7 Å². The molecule has 1 aromatic carbocycles. The second-order valence-corrected chi connectivity index (χ2v) is 2.89. The van der Waals surface area contributed by atoms with Gasteiger partial charge in [0.2, 0.25) is 0 Å². The Kier molecular flexibility index (Phi) is 2.84. The van der Waals surface area contributed by atoms with E-state index in [2.05, 4.69) is 0 Å². The first-order chi connectivity index (χ1) is 4.86. The van der Waals surface area contributed by atoms with Crippen molar-refractivity contribution in [3.8, 4) is 0 Å². The van der Waals surface area contributed by atoms with Crippen molar-refractivity contribution in [1.82, 2.24) is 0 Å². The van der Waals surface area contributed by atoms with Crippen LogP contribution in [-0.2, 0) is 0 Å². The summed E-state index contributed by atoms with van der Waals surface area (Å²) >= 11 is 1.71. The number of rotatable bonds is 2. The normalized spacial score (nSPS) is 9.40. The van der Waals surface area contributed by atoms with Crippen LogP contribution in [0, 0.1) is 0 Å². The van der Waals surface area contributed by atoms with Crippen molar-refractivity contribution in [3.05, 3.63) is 24.3 Å². The first-order valence-electron chi connectivity index (χ1n) is 3.10. The third kappa shape index (κ3) is 1.79. The van der Waals surface area contributed by atoms with E-state index >= 15 is 0 Å². The Morgan fingerprint density at radius 2 is 1.90 bits per heavy atom. The molecule has 0 spiro atoms. The summed E-state index contributed by atoms with van der Waals surface area (Å²) in [6, 6.07) is 7.89. The highest BCUT2D eigenvalue weighted by Crippen LogP contribution is 2.10. The van der Waals surface area contributed by atoms with Gasteiger partial charge in [-0.1, -0.05) is 17.6 Å². The third-order valence-corrected chi connectivity index (χ3v) is 2.09. The molecular formula is C7H9BOS. The van der Waals surface area contributed by atoms with Gasteiger partial charge in [-0.3, -0.25) is 0 Å². The van der Waals surface area contributed by atoms with Crippen LogP contribution in [0.15, 0.2) is 29.2 Å². The first kappa shape index (κ1) is 7.70. The Morgan fingerprint density at radius 3 is 2.30 bits per heavy atom. The smallest absolute Gasteiger partial charge is 0.304 e. The van der Waals surface area contributed by atoms with Crippen LogP contribution in [0.2, 0.25) is 0 Å². The molecule has 52 valence electrons. The molecule has 0 unspecified atom stereocenters. The van der Waals surface area contributed by atoms with Gasteiger partial charge in [-0.15, -0.1) is 11.8 Å². The van der Waals surface area contributed by atoms with Crippen LogP contribution in [0.4, 0.5) is 0 Å². The lowest BCUT2D eigenvalue weighted by molar-refractivity contribution is 0.615. The monoisotopic (exact) mass is 152 g/mol. The zero-order valence-electron chi connectivity index (χ0n) is 5.87. The molecule has 0 saturated heterocycles. The second-order valence-electron chi connectivity index (χ2n) is 2.01. The topological polar surface area (TPSA) is 20.2 Å². The van der Waals surface area contributed by atoms with Gasteiger partial charge in [0, 0.05) is 4.90 Å². The van der Waals surface area contributed by atoms with E-state index in [1.165, 1.54) is 4.90 Å².